The molecule has 0 unspecified atom stereocenters. The maximum Gasteiger partial charge on any atom is 0.262 e. The summed E-state index contributed by atoms with van der Waals surface area (Å²) in [5.74, 6) is -0.259. The molecule has 3 heterocycles. The minimum Gasteiger partial charge on any atom is -0.360 e. The van der Waals surface area contributed by atoms with Crippen LogP contribution in [0.25, 0.3) is 28.0 Å². The molecule has 0 atom stereocenters. The van der Waals surface area contributed by atoms with Gasteiger partial charge in [-0.05, 0) is 90.6 Å². The van der Waals surface area contributed by atoms with Crippen molar-refractivity contribution in [3.8, 4) is 22.4 Å². The fourth-order valence-corrected chi connectivity index (χ4v) is 5.67. The van der Waals surface area contributed by atoms with Crippen molar-refractivity contribution in [2.24, 2.45) is 0 Å². The Morgan fingerprint density at radius 3 is 2.44 bits per heavy atom. The summed E-state index contributed by atoms with van der Waals surface area (Å²) in [6.45, 7) is 4.59. The molecule has 2 aromatic heterocycles. The summed E-state index contributed by atoms with van der Waals surface area (Å²) in [7, 11) is -3.66. The van der Waals surface area contributed by atoms with Crippen LogP contribution in [-0.2, 0) is 21.3 Å². The van der Waals surface area contributed by atoms with E-state index < -0.39 is 10.0 Å². The molecule has 39 heavy (non-hydrogen) atoms. The van der Waals surface area contributed by atoms with Crippen molar-refractivity contribution in [2.75, 3.05) is 26.2 Å². The van der Waals surface area contributed by atoms with Gasteiger partial charge in [-0.1, -0.05) is 23.1 Å². The van der Waals surface area contributed by atoms with Gasteiger partial charge < -0.3 is 4.98 Å². The highest BCUT2D eigenvalue weighted by Crippen LogP contribution is 2.39. The molecule has 0 fully saturated rings. The summed E-state index contributed by atoms with van der Waals surface area (Å²) in [6, 6.07) is 17.5. The highest BCUT2D eigenvalue weighted by molar-refractivity contribution is 7.89. The Kier molecular flexibility index (Phi) is 8.33. The minimum absolute atomic E-state index is 0.182. The molecule has 0 saturated carbocycles. The van der Waals surface area contributed by atoms with Gasteiger partial charge in [0.25, 0.3) is 10.0 Å². The van der Waals surface area contributed by atoms with Crippen LogP contribution < -0.4 is 4.89 Å². The monoisotopic (exact) mass is 546 g/mol. The van der Waals surface area contributed by atoms with Gasteiger partial charge >= 0.3 is 0 Å². The van der Waals surface area contributed by atoms with Crippen LogP contribution in [0.1, 0.15) is 24.5 Å². The predicted octanol–water partition coefficient (Wildman–Crippen LogP) is 5.44. The Labute approximate surface area is 228 Å². The van der Waals surface area contributed by atoms with Crippen molar-refractivity contribution in [3.05, 3.63) is 102 Å². The number of nitrogens with one attached hydrogen (secondary N) is 2. The van der Waals surface area contributed by atoms with Gasteiger partial charge in [0, 0.05) is 49.4 Å². The third-order valence-corrected chi connectivity index (χ3v) is 8.11. The van der Waals surface area contributed by atoms with Gasteiger partial charge in [0.1, 0.15) is 5.82 Å². The van der Waals surface area contributed by atoms with E-state index in [9.17, 15) is 12.8 Å². The number of hydrogen-bond donors (Lipinski definition) is 2. The highest BCUT2D eigenvalue weighted by atomic mass is 32.2. The van der Waals surface area contributed by atoms with Crippen LogP contribution in [0.5, 0.6) is 0 Å². The van der Waals surface area contributed by atoms with Crippen LogP contribution in [0, 0.1) is 5.82 Å². The van der Waals surface area contributed by atoms with E-state index in [2.05, 4.69) is 25.8 Å². The Morgan fingerprint density at radius 1 is 1.03 bits per heavy atom. The fourth-order valence-electron chi connectivity index (χ4n) is 4.81. The van der Waals surface area contributed by atoms with Crippen molar-refractivity contribution >= 4 is 15.6 Å². The first-order valence-corrected chi connectivity index (χ1v) is 14.4. The molecule has 1 aliphatic heterocycles. The maximum atomic E-state index is 13.6. The molecule has 2 aromatic carbocycles. The predicted molar refractivity (Wildman–Crippen MR) is 151 cm³/mol. The van der Waals surface area contributed by atoms with Crippen molar-refractivity contribution < 1.29 is 17.6 Å². The molecular formula is C30H31FN4O3S. The van der Waals surface area contributed by atoms with E-state index in [-0.39, 0.29) is 17.3 Å². The van der Waals surface area contributed by atoms with E-state index in [1.807, 2.05) is 30.5 Å². The molecule has 0 bridgehead atoms. The van der Waals surface area contributed by atoms with Gasteiger partial charge in [-0.25, -0.2) is 12.8 Å². The number of H-pyrrole nitrogens is 1. The number of aromatic amines is 1. The van der Waals surface area contributed by atoms with E-state index in [0.717, 1.165) is 66.0 Å². The van der Waals surface area contributed by atoms with E-state index >= 15 is 0 Å². The van der Waals surface area contributed by atoms with Crippen molar-refractivity contribution in [3.63, 3.8) is 0 Å². The SMILES string of the molecule is CCONS(=O)(=O)c1ccc(CCN2CC=C(c3c[nH]c(-c4ccc(F)cc4)c3-c3ccncc3)CC2)cc1. The highest BCUT2D eigenvalue weighted by Gasteiger charge is 2.21. The summed E-state index contributed by atoms with van der Waals surface area (Å²) in [5, 5.41) is 0. The Bertz CT molecular complexity index is 1530. The van der Waals surface area contributed by atoms with Gasteiger partial charge in [0.2, 0.25) is 0 Å². The summed E-state index contributed by atoms with van der Waals surface area (Å²) in [5.41, 5.74) is 7.55. The zero-order valence-electron chi connectivity index (χ0n) is 21.7. The number of aromatic nitrogens is 2. The number of hydrogen-bond acceptors (Lipinski definition) is 5. The van der Waals surface area contributed by atoms with Gasteiger partial charge in [0.05, 0.1) is 17.2 Å². The fraction of sp³-hybridized carbons (Fsp3) is 0.233. The average Bonchev–Trinajstić information content (AvgIpc) is 3.41. The lowest BCUT2D eigenvalue weighted by Crippen LogP contribution is -2.30. The molecule has 2 N–H and O–H groups in total. The van der Waals surface area contributed by atoms with Crippen molar-refractivity contribution in [1.82, 2.24) is 19.8 Å². The first-order valence-electron chi connectivity index (χ1n) is 13.0. The van der Waals surface area contributed by atoms with Gasteiger partial charge in [-0.2, -0.15) is 0 Å². The van der Waals surface area contributed by atoms with Crippen LogP contribution in [0.15, 0.2) is 90.2 Å². The molecule has 0 amide bonds. The largest absolute Gasteiger partial charge is 0.360 e. The normalized spacial score (nSPS) is 14.4. The smallest absolute Gasteiger partial charge is 0.262 e. The van der Waals surface area contributed by atoms with Crippen LogP contribution in [-0.4, -0.2) is 49.5 Å². The molecule has 7 nitrogen and oxygen atoms in total. The molecule has 0 radical (unpaired) electrons. The zero-order valence-corrected chi connectivity index (χ0v) is 22.5. The topological polar surface area (TPSA) is 87.3 Å². The lowest BCUT2D eigenvalue weighted by Gasteiger charge is -2.26. The second-order valence-electron chi connectivity index (χ2n) is 9.39. The van der Waals surface area contributed by atoms with E-state index in [4.69, 9.17) is 4.84 Å². The number of nitrogens with zero attached hydrogens (tertiary/aromatic N) is 2. The van der Waals surface area contributed by atoms with Crippen LogP contribution in [0.4, 0.5) is 4.39 Å². The third kappa shape index (κ3) is 6.34. The Hall–Kier alpha value is -3.63. The summed E-state index contributed by atoms with van der Waals surface area (Å²) in [4.78, 5) is 17.1. The van der Waals surface area contributed by atoms with Crippen LogP contribution >= 0.6 is 0 Å². The molecule has 1 aliphatic rings. The molecule has 0 aliphatic carbocycles. The lowest BCUT2D eigenvalue weighted by molar-refractivity contribution is 0.105. The van der Waals surface area contributed by atoms with E-state index in [1.165, 1.54) is 17.7 Å². The van der Waals surface area contributed by atoms with Crippen molar-refractivity contribution in [1.29, 1.82) is 0 Å². The van der Waals surface area contributed by atoms with E-state index in [1.54, 1.807) is 43.6 Å². The second-order valence-corrected chi connectivity index (χ2v) is 11.0. The van der Waals surface area contributed by atoms with E-state index in [0.29, 0.717) is 0 Å². The first kappa shape index (κ1) is 27.0. The minimum atomic E-state index is -3.66. The average molecular weight is 547 g/mol. The Morgan fingerprint density at radius 2 is 1.77 bits per heavy atom. The molecule has 0 saturated heterocycles. The summed E-state index contributed by atoms with van der Waals surface area (Å²) >= 11 is 0. The number of pyridine rings is 1. The number of benzene rings is 2. The standard InChI is InChI=1S/C30H31FN4O3S/c1-2-38-34-39(36,37)27-9-3-22(4-10-27)13-18-35-19-14-23(15-20-35)28-21-33-30(25-5-7-26(31)8-6-25)29(28)24-11-16-32-17-12-24/h3-12,14,16-17,21,33-34H,2,13,15,18-20H2,1H3. The molecule has 5 rings (SSSR count). The number of rotatable bonds is 10. The lowest BCUT2D eigenvalue weighted by atomic mass is 9.92. The molecular weight excluding hydrogens is 515 g/mol. The number of sulfonamides is 1. The quantitative estimate of drug-likeness (QED) is 0.259. The van der Waals surface area contributed by atoms with Gasteiger partial charge in [-0.3, -0.25) is 14.7 Å². The summed E-state index contributed by atoms with van der Waals surface area (Å²) < 4.78 is 38.0. The second kappa shape index (κ2) is 12.0. The van der Waals surface area contributed by atoms with Crippen LogP contribution in [0.3, 0.4) is 0 Å². The van der Waals surface area contributed by atoms with Crippen LogP contribution in [0.2, 0.25) is 0 Å². The summed E-state index contributed by atoms with van der Waals surface area (Å²) in [6.07, 6.45) is 9.62. The molecule has 4 aromatic rings. The first-order chi connectivity index (χ1) is 18.9. The zero-order chi connectivity index (χ0) is 27.2. The Balaban J connectivity index is 1.28. The number of halogens is 1. The van der Waals surface area contributed by atoms with Gasteiger partial charge in [-0.15, -0.1) is 0 Å². The molecule has 202 valence electrons. The molecule has 9 heteroatoms. The molecule has 0 spiro atoms. The van der Waals surface area contributed by atoms with Crippen molar-refractivity contribution in [2.45, 2.75) is 24.7 Å². The van der Waals surface area contributed by atoms with Gasteiger partial charge in [0.15, 0.2) is 0 Å². The maximum absolute atomic E-state index is 13.6. The third-order valence-electron chi connectivity index (χ3n) is 6.88.